The van der Waals surface area contributed by atoms with Gasteiger partial charge < -0.3 is 14.6 Å². The number of hydrogen-bond acceptors (Lipinski definition) is 6. The van der Waals surface area contributed by atoms with Gasteiger partial charge in [-0.2, -0.15) is 0 Å². The van der Waals surface area contributed by atoms with E-state index >= 15 is 0 Å². The maximum absolute atomic E-state index is 13.2. The molecule has 1 aromatic heterocycles. The zero-order valence-corrected chi connectivity index (χ0v) is 18.2. The molecule has 1 fully saturated rings. The molecule has 33 heavy (non-hydrogen) atoms. The molecule has 2 unspecified atom stereocenters. The molecule has 2 atom stereocenters. The van der Waals surface area contributed by atoms with Crippen molar-refractivity contribution in [3.05, 3.63) is 89.1 Å². The zero-order chi connectivity index (χ0) is 23.1. The third-order valence-corrected chi connectivity index (χ3v) is 5.92. The molecule has 0 saturated carbocycles. The minimum atomic E-state index is -0.863. The lowest BCUT2D eigenvalue weighted by molar-refractivity contribution is -0.132. The van der Waals surface area contributed by atoms with Crippen molar-refractivity contribution in [3.63, 3.8) is 0 Å². The smallest absolute Gasteiger partial charge is 0.301 e. The number of carbonyl (C=O) groups is 2. The Balaban J connectivity index is 1.70. The molecule has 1 amide bonds. The lowest BCUT2D eigenvalue weighted by Gasteiger charge is -2.24. The summed E-state index contributed by atoms with van der Waals surface area (Å²) in [5.74, 6) is -0.0954. The fraction of sp³-hybridized carbons (Fsp3) is 0.192. The van der Waals surface area contributed by atoms with Gasteiger partial charge >= 0.3 is 5.91 Å². The molecule has 5 rings (SSSR count). The van der Waals surface area contributed by atoms with Crippen LogP contribution in [0.5, 0.6) is 11.5 Å². The minimum Gasteiger partial charge on any atom is -0.507 e. The fourth-order valence-corrected chi connectivity index (χ4v) is 4.42. The Kier molecular flexibility index (Phi) is 5.09. The Bertz CT molecular complexity index is 1280. The summed E-state index contributed by atoms with van der Waals surface area (Å²) in [5, 5.41) is 11.3. The normalized spacial score (nSPS) is 21.1. The maximum atomic E-state index is 13.2. The molecular formula is C26H22N2O5. The van der Waals surface area contributed by atoms with Crippen LogP contribution >= 0.6 is 0 Å². The Labute approximate surface area is 190 Å². The van der Waals surface area contributed by atoms with Crippen molar-refractivity contribution in [3.8, 4) is 11.5 Å². The van der Waals surface area contributed by atoms with E-state index in [1.807, 2.05) is 13.0 Å². The van der Waals surface area contributed by atoms with Gasteiger partial charge in [-0.05, 0) is 60.5 Å². The summed E-state index contributed by atoms with van der Waals surface area (Å²) in [6.45, 7) is 1.97. The molecular weight excluding hydrogens is 420 g/mol. The molecule has 3 aromatic rings. The summed E-state index contributed by atoms with van der Waals surface area (Å²) in [5.41, 5.74) is 2.03. The van der Waals surface area contributed by atoms with Crippen molar-refractivity contribution in [2.75, 3.05) is 12.0 Å². The third kappa shape index (κ3) is 3.51. The molecule has 0 bridgehead atoms. The molecule has 0 aliphatic carbocycles. The van der Waals surface area contributed by atoms with Gasteiger partial charge in [0.2, 0.25) is 0 Å². The highest BCUT2D eigenvalue weighted by Gasteiger charge is 2.47. The minimum absolute atomic E-state index is 0.00539. The summed E-state index contributed by atoms with van der Waals surface area (Å²) in [4.78, 5) is 32.0. The Hall–Kier alpha value is -4.13. The van der Waals surface area contributed by atoms with E-state index in [0.29, 0.717) is 29.1 Å². The molecule has 7 nitrogen and oxygen atoms in total. The molecule has 2 aliphatic heterocycles. The summed E-state index contributed by atoms with van der Waals surface area (Å²) in [7, 11) is 1.54. The second kappa shape index (κ2) is 8.09. The number of Topliss-reactive ketones (excluding diaryl/α,β-unsaturated/α-hetero) is 1. The Morgan fingerprint density at radius 1 is 1.12 bits per heavy atom. The van der Waals surface area contributed by atoms with Crippen LogP contribution in [0.4, 0.5) is 5.82 Å². The summed E-state index contributed by atoms with van der Waals surface area (Å²) in [6, 6.07) is 16.7. The van der Waals surface area contributed by atoms with E-state index in [4.69, 9.17) is 9.47 Å². The number of carbonyl (C=O) groups excluding carboxylic acids is 2. The fourth-order valence-electron chi connectivity index (χ4n) is 4.42. The van der Waals surface area contributed by atoms with Gasteiger partial charge in [0.05, 0.1) is 18.7 Å². The van der Waals surface area contributed by atoms with Gasteiger partial charge in [-0.1, -0.05) is 18.2 Å². The summed E-state index contributed by atoms with van der Waals surface area (Å²) >= 11 is 0. The average molecular weight is 442 g/mol. The van der Waals surface area contributed by atoms with Gasteiger partial charge in [0.25, 0.3) is 5.78 Å². The standard InChI is InChI=1S/C26H22N2O5/c1-15-12-18-13-17(9-10-20(18)33-15)24(29)22-23(16-6-5-7-19(14-16)32-2)28(26(31)25(22)30)21-8-3-4-11-27-21/h3-11,13-15,23,29H,12H2,1-2H3. The summed E-state index contributed by atoms with van der Waals surface area (Å²) < 4.78 is 11.1. The van der Waals surface area contributed by atoms with E-state index in [2.05, 4.69) is 4.98 Å². The van der Waals surface area contributed by atoms with Crippen molar-refractivity contribution in [2.45, 2.75) is 25.5 Å². The number of ether oxygens (including phenoxy) is 2. The third-order valence-electron chi connectivity index (χ3n) is 5.92. The Morgan fingerprint density at radius 3 is 2.73 bits per heavy atom. The number of hydrogen-bond donors (Lipinski definition) is 1. The van der Waals surface area contributed by atoms with Crippen LogP contribution < -0.4 is 14.4 Å². The monoisotopic (exact) mass is 442 g/mol. The van der Waals surface area contributed by atoms with Crippen LogP contribution in [0.3, 0.4) is 0 Å². The maximum Gasteiger partial charge on any atom is 0.301 e. The number of anilines is 1. The van der Waals surface area contributed by atoms with E-state index in [9.17, 15) is 14.7 Å². The molecule has 0 spiro atoms. The molecule has 0 radical (unpaired) electrons. The lowest BCUT2D eigenvalue weighted by atomic mass is 9.94. The Morgan fingerprint density at radius 2 is 1.97 bits per heavy atom. The van der Waals surface area contributed by atoms with Gasteiger partial charge in [0.15, 0.2) is 0 Å². The van der Waals surface area contributed by atoms with Gasteiger partial charge in [0.1, 0.15) is 29.2 Å². The van der Waals surface area contributed by atoms with E-state index in [1.165, 1.54) is 4.90 Å². The van der Waals surface area contributed by atoms with Crippen LogP contribution in [-0.2, 0) is 16.0 Å². The van der Waals surface area contributed by atoms with E-state index < -0.39 is 17.7 Å². The van der Waals surface area contributed by atoms with Crippen molar-refractivity contribution >= 4 is 23.3 Å². The van der Waals surface area contributed by atoms with Crippen LogP contribution in [-0.4, -0.2) is 35.0 Å². The molecule has 1 N–H and O–H groups in total. The number of aromatic nitrogens is 1. The second-order valence-corrected chi connectivity index (χ2v) is 8.09. The highest BCUT2D eigenvalue weighted by molar-refractivity contribution is 6.51. The first-order chi connectivity index (χ1) is 16.0. The van der Waals surface area contributed by atoms with Crippen LogP contribution in [0.15, 0.2) is 72.4 Å². The number of rotatable bonds is 4. The van der Waals surface area contributed by atoms with Crippen molar-refractivity contribution in [2.24, 2.45) is 0 Å². The number of nitrogens with zero attached hydrogens (tertiary/aromatic N) is 2. The first-order valence-corrected chi connectivity index (χ1v) is 10.6. The van der Waals surface area contributed by atoms with Gasteiger partial charge in [-0.3, -0.25) is 14.5 Å². The molecule has 2 aliphatic rings. The molecule has 7 heteroatoms. The zero-order valence-electron chi connectivity index (χ0n) is 18.2. The largest absolute Gasteiger partial charge is 0.507 e. The van der Waals surface area contributed by atoms with E-state index in [1.54, 1.807) is 67.9 Å². The summed E-state index contributed by atoms with van der Waals surface area (Å²) in [6.07, 6.45) is 2.31. The number of pyridine rings is 1. The highest BCUT2D eigenvalue weighted by atomic mass is 16.5. The van der Waals surface area contributed by atoms with Crippen LogP contribution in [0.1, 0.15) is 29.7 Å². The average Bonchev–Trinajstić information content (AvgIpc) is 3.34. The molecule has 2 aromatic carbocycles. The predicted molar refractivity (Wildman–Crippen MR) is 122 cm³/mol. The van der Waals surface area contributed by atoms with E-state index in [-0.39, 0.29) is 17.4 Å². The van der Waals surface area contributed by atoms with Gasteiger partial charge in [-0.15, -0.1) is 0 Å². The molecule has 3 heterocycles. The van der Waals surface area contributed by atoms with E-state index in [0.717, 1.165) is 11.3 Å². The molecule has 166 valence electrons. The number of aliphatic hydroxyl groups excluding tert-OH is 1. The van der Waals surface area contributed by atoms with Crippen LogP contribution in [0.25, 0.3) is 5.76 Å². The predicted octanol–water partition coefficient (Wildman–Crippen LogP) is 4.04. The van der Waals surface area contributed by atoms with Crippen LogP contribution in [0.2, 0.25) is 0 Å². The van der Waals surface area contributed by atoms with Crippen molar-refractivity contribution < 1.29 is 24.2 Å². The van der Waals surface area contributed by atoms with Gasteiger partial charge in [0, 0.05) is 18.2 Å². The van der Waals surface area contributed by atoms with Crippen molar-refractivity contribution in [1.29, 1.82) is 0 Å². The number of aliphatic hydroxyl groups is 1. The number of methoxy groups -OCH3 is 1. The lowest BCUT2D eigenvalue weighted by Crippen LogP contribution is -2.30. The number of ketones is 1. The number of benzene rings is 2. The highest BCUT2D eigenvalue weighted by Crippen LogP contribution is 2.42. The van der Waals surface area contributed by atoms with Crippen molar-refractivity contribution in [1.82, 2.24) is 4.98 Å². The molecule has 1 saturated heterocycles. The number of fused-ring (bicyclic) bond motifs is 1. The van der Waals surface area contributed by atoms with Gasteiger partial charge in [-0.25, -0.2) is 4.98 Å². The second-order valence-electron chi connectivity index (χ2n) is 8.09. The van der Waals surface area contributed by atoms with Crippen LogP contribution in [0, 0.1) is 0 Å². The first-order valence-electron chi connectivity index (χ1n) is 10.6. The number of amides is 1. The quantitative estimate of drug-likeness (QED) is 0.373. The first kappa shape index (κ1) is 20.8. The SMILES string of the molecule is COc1cccc(C2C(=C(O)c3ccc4c(c3)CC(C)O4)C(=O)C(=O)N2c2ccccn2)c1. The topological polar surface area (TPSA) is 89.0 Å².